The van der Waals surface area contributed by atoms with Gasteiger partial charge in [0.15, 0.2) is 0 Å². The number of rotatable bonds is 3. The van der Waals surface area contributed by atoms with Crippen LogP contribution in [0.2, 0.25) is 0 Å². The van der Waals surface area contributed by atoms with Crippen molar-refractivity contribution in [1.29, 1.82) is 0 Å². The number of methoxy groups -OCH3 is 1. The number of ether oxygens (including phenoxy) is 1. The van der Waals surface area contributed by atoms with Crippen LogP contribution >= 0.6 is 0 Å². The van der Waals surface area contributed by atoms with Crippen LogP contribution in [0.4, 0.5) is 0 Å². The zero-order valence-electron chi connectivity index (χ0n) is 13.3. The third-order valence-electron chi connectivity index (χ3n) is 3.67. The fourth-order valence-corrected chi connectivity index (χ4v) is 2.42. The van der Waals surface area contributed by atoms with Gasteiger partial charge < -0.3 is 4.74 Å². The van der Waals surface area contributed by atoms with Gasteiger partial charge in [-0.25, -0.2) is 0 Å². The Morgan fingerprint density at radius 3 is 2.21 bits per heavy atom. The summed E-state index contributed by atoms with van der Waals surface area (Å²) in [5.41, 5.74) is 3.26. The van der Waals surface area contributed by atoms with Crippen molar-refractivity contribution in [3.05, 3.63) is 90.0 Å². The van der Waals surface area contributed by atoms with E-state index in [1.807, 2.05) is 78.9 Å². The molecule has 0 unspecified atom stereocenters. The van der Waals surface area contributed by atoms with Crippen molar-refractivity contribution in [1.82, 2.24) is 0 Å². The van der Waals surface area contributed by atoms with E-state index in [-0.39, 0.29) is 5.78 Å². The minimum absolute atomic E-state index is 0.190. The molecule has 0 fully saturated rings. The molecule has 0 aliphatic heterocycles. The quantitative estimate of drug-likeness (QED) is 0.522. The van der Waals surface area contributed by atoms with Crippen LogP contribution in [0.25, 0.3) is 11.1 Å². The second-order valence-corrected chi connectivity index (χ2v) is 5.22. The largest absolute Gasteiger partial charge is 0.497 e. The summed E-state index contributed by atoms with van der Waals surface area (Å²) in [5, 5.41) is 0. The standard InChI is InChI=1S/C22H16O2/c1-24-19-14-12-18(13-15-19)20-9-5-6-10-21(20)22(23)16-11-17-7-3-2-4-8-17/h2-10,12-15H,1H3. The summed E-state index contributed by atoms with van der Waals surface area (Å²) in [4.78, 5) is 12.5. The second-order valence-electron chi connectivity index (χ2n) is 5.22. The third kappa shape index (κ3) is 3.53. The summed E-state index contributed by atoms with van der Waals surface area (Å²) >= 11 is 0. The van der Waals surface area contributed by atoms with E-state index in [9.17, 15) is 4.79 Å². The van der Waals surface area contributed by atoms with Crippen molar-refractivity contribution in [3.63, 3.8) is 0 Å². The predicted octanol–water partition coefficient (Wildman–Crippen LogP) is 4.60. The molecule has 24 heavy (non-hydrogen) atoms. The van der Waals surface area contributed by atoms with Crippen LogP contribution < -0.4 is 4.74 Å². The molecule has 0 radical (unpaired) electrons. The van der Waals surface area contributed by atoms with Crippen molar-refractivity contribution in [3.8, 4) is 28.7 Å². The predicted molar refractivity (Wildman–Crippen MR) is 96.1 cm³/mol. The lowest BCUT2D eigenvalue weighted by Gasteiger charge is -2.07. The Morgan fingerprint density at radius 1 is 0.833 bits per heavy atom. The van der Waals surface area contributed by atoms with Crippen LogP contribution in [0.5, 0.6) is 5.75 Å². The lowest BCUT2D eigenvalue weighted by molar-refractivity contribution is 0.105. The highest BCUT2D eigenvalue weighted by atomic mass is 16.5. The monoisotopic (exact) mass is 312 g/mol. The average Bonchev–Trinajstić information content (AvgIpc) is 2.67. The van der Waals surface area contributed by atoms with Gasteiger partial charge >= 0.3 is 0 Å². The van der Waals surface area contributed by atoms with E-state index in [0.29, 0.717) is 5.56 Å². The van der Waals surface area contributed by atoms with Gasteiger partial charge in [-0.3, -0.25) is 4.79 Å². The Bertz CT molecular complexity index is 898. The summed E-state index contributed by atoms with van der Waals surface area (Å²) in [6, 6.07) is 24.6. The molecule has 0 N–H and O–H groups in total. The van der Waals surface area contributed by atoms with Crippen LogP contribution in [-0.4, -0.2) is 12.9 Å². The summed E-state index contributed by atoms with van der Waals surface area (Å²) in [7, 11) is 1.63. The number of Topliss-reactive ketones (excluding diaryl/α,β-unsaturated/α-hetero) is 1. The van der Waals surface area contributed by atoms with Gasteiger partial charge in [0.2, 0.25) is 5.78 Å². The molecule has 0 bridgehead atoms. The highest BCUT2D eigenvalue weighted by molar-refractivity contribution is 6.13. The molecule has 0 aliphatic carbocycles. The molecule has 0 heterocycles. The summed E-state index contributed by atoms with van der Waals surface area (Å²) in [6.07, 6.45) is 0. The minimum Gasteiger partial charge on any atom is -0.497 e. The van der Waals surface area contributed by atoms with E-state index in [2.05, 4.69) is 11.8 Å². The number of ketones is 1. The molecule has 0 spiro atoms. The van der Waals surface area contributed by atoms with E-state index < -0.39 is 0 Å². The first-order valence-corrected chi connectivity index (χ1v) is 7.63. The molecular weight excluding hydrogens is 296 g/mol. The van der Waals surface area contributed by atoms with Gasteiger partial charge in [-0.05, 0) is 47.4 Å². The number of hydrogen-bond donors (Lipinski definition) is 0. The van der Waals surface area contributed by atoms with E-state index in [1.165, 1.54) is 0 Å². The zero-order chi connectivity index (χ0) is 16.8. The fraction of sp³-hybridized carbons (Fsp3) is 0.0455. The number of hydrogen-bond acceptors (Lipinski definition) is 2. The first-order chi connectivity index (χ1) is 11.8. The smallest absolute Gasteiger partial charge is 0.236 e. The average molecular weight is 312 g/mol. The molecule has 0 aliphatic rings. The van der Waals surface area contributed by atoms with Crippen molar-refractivity contribution in [2.75, 3.05) is 7.11 Å². The topological polar surface area (TPSA) is 26.3 Å². The Morgan fingerprint density at radius 2 is 1.50 bits per heavy atom. The van der Waals surface area contributed by atoms with E-state index in [1.54, 1.807) is 7.11 Å². The minimum atomic E-state index is -0.190. The molecule has 3 aromatic carbocycles. The molecule has 2 nitrogen and oxygen atoms in total. The Balaban J connectivity index is 1.94. The molecular formula is C22H16O2. The Hall–Kier alpha value is -3.31. The van der Waals surface area contributed by atoms with Gasteiger partial charge in [0, 0.05) is 11.1 Å². The van der Waals surface area contributed by atoms with Gasteiger partial charge in [0.1, 0.15) is 5.75 Å². The van der Waals surface area contributed by atoms with Crippen LogP contribution in [0, 0.1) is 11.8 Å². The van der Waals surface area contributed by atoms with E-state index >= 15 is 0 Å². The van der Waals surface area contributed by atoms with Gasteiger partial charge in [0.05, 0.1) is 7.11 Å². The van der Waals surface area contributed by atoms with Crippen molar-refractivity contribution in [2.45, 2.75) is 0 Å². The van der Waals surface area contributed by atoms with Crippen LogP contribution in [0.3, 0.4) is 0 Å². The van der Waals surface area contributed by atoms with E-state index in [0.717, 1.165) is 22.4 Å². The van der Waals surface area contributed by atoms with Gasteiger partial charge in [-0.1, -0.05) is 54.5 Å². The van der Waals surface area contributed by atoms with Crippen LogP contribution in [0.1, 0.15) is 15.9 Å². The van der Waals surface area contributed by atoms with Gasteiger partial charge in [-0.2, -0.15) is 0 Å². The van der Waals surface area contributed by atoms with Crippen molar-refractivity contribution >= 4 is 5.78 Å². The molecule has 0 aromatic heterocycles. The molecule has 3 aromatic rings. The number of benzene rings is 3. The van der Waals surface area contributed by atoms with Crippen molar-refractivity contribution < 1.29 is 9.53 Å². The Kier molecular flexibility index (Phi) is 4.74. The highest BCUT2D eigenvalue weighted by Crippen LogP contribution is 2.26. The molecule has 0 saturated carbocycles. The normalized spacial score (nSPS) is 9.71. The second kappa shape index (κ2) is 7.30. The molecule has 3 rings (SSSR count). The maximum absolute atomic E-state index is 12.5. The lowest BCUT2D eigenvalue weighted by atomic mass is 9.97. The Labute approximate surface area is 141 Å². The van der Waals surface area contributed by atoms with Crippen LogP contribution in [0.15, 0.2) is 78.9 Å². The molecule has 2 heteroatoms. The summed E-state index contributed by atoms with van der Waals surface area (Å²) in [6.45, 7) is 0. The fourth-order valence-electron chi connectivity index (χ4n) is 2.42. The van der Waals surface area contributed by atoms with Crippen LogP contribution in [-0.2, 0) is 0 Å². The first kappa shape index (κ1) is 15.6. The molecule has 116 valence electrons. The van der Waals surface area contributed by atoms with Gasteiger partial charge in [0.25, 0.3) is 0 Å². The van der Waals surface area contributed by atoms with E-state index in [4.69, 9.17) is 4.74 Å². The highest BCUT2D eigenvalue weighted by Gasteiger charge is 2.10. The SMILES string of the molecule is COc1ccc(-c2ccccc2C(=O)C#Cc2ccccc2)cc1. The molecule has 0 amide bonds. The molecule has 0 saturated heterocycles. The number of carbonyl (C=O) groups is 1. The third-order valence-corrected chi connectivity index (χ3v) is 3.67. The maximum Gasteiger partial charge on any atom is 0.236 e. The lowest BCUT2D eigenvalue weighted by Crippen LogP contribution is -1.98. The summed E-state index contributed by atoms with van der Waals surface area (Å²) < 4.78 is 5.18. The number of carbonyl (C=O) groups excluding carboxylic acids is 1. The van der Waals surface area contributed by atoms with Gasteiger partial charge in [-0.15, -0.1) is 0 Å². The molecule has 0 atom stereocenters. The maximum atomic E-state index is 12.5. The first-order valence-electron chi connectivity index (χ1n) is 7.63. The van der Waals surface area contributed by atoms with Crippen molar-refractivity contribution in [2.24, 2.45) is 0 Å². The summed E-state index contributed by atoms with van der Waals surface area (Å²) in [5.74, 6) is 6.25. The zero-order valence-corrected chi connectivity index (χ0v) is 13.3.